The van der Waals surface area contributed by atoms with Crippen LogP contribution >= 0.6 is 0 Å². The van der Waals surface area contributed by atoms with Crippen LogP contribution in [0.2, 0.25) is 0 Å². The van der Waals surface area contributed by atoms with Crippen molar-refractivity contribution in [2.75, 3.05) is 12.4 Å². The van der Waals surface area contributed by atoms with E-state index in [-0.39, 0.29) is 5.91 Å². The first-order valence-corrected chi connectivity index (χ1v) is 10.1. The molecule has 0 aliphatic rings. The third-order valence-electron chi connectivity index (χ3n) is 5.05. The van der Waals surface area contributed by atoms with Gasteiger partial charge in [-0.05, 0) is 66.4 Å². The molecule has 0 saturated carbocycles. The predicted octanol–water partition coefficient (Wildman–Crippen LogP) is 4.85. The van der Waals surface area contributed by atoms with Crippen LogP contribution in [-0.2, 0) is 24.1 Å². The van der Waals surface area contributed by atoms with Gasteiger partial charge in [-0.25, -0.2) is 4.98 Å². The number of imidazole rings is 1. The summed E-state index contributed by atoms with van der Waals surface area (Å²) in [6.07, 6.45) is 1.97. The number of hydrogen-bond acceptors (Lipinski definition) is 3. The van der Waals surface area contributed by atoms with Crippen molar-refractivity contribution >= 4 is 22.6 Å². The molecular weight excluding hydrogens is 374 g/mol. The van der Waals surface area contributed by atoms with Crippen molar-refractivity contribution in [2.45, 2.75) is 26.2 Å². The lowest BCUT2D eigenvalue weighted by Gasteiger charge is -2.08. The molecule has 4 rings (SSSR count). The van der Waals surface area contributed by atoms with Gasteiger partial charge in [0.2, 0.25) is 5.91 Å². The minimum Gasteiger partial charge on any atom is -0.497 e. The quantitative estimate of drug-likeness (QED) is 0.467. The Kier molecular flexibility index (Phi) is 5.80. The number of aryl methyl sites for hydroxylation is 3. The predicted molar refractivity (Wildman–Crippen MR) is 120 cm³/mol. The number of carbonyl (C=O) groups excluding carboxylic acids is 1. The monoisotopic (exact) mass is 399 g/mol. The van der Waals surface area contributed by atoms with E-state index in [4.69, 9.17) is 4.74 Å². The van der Waals surface area contributed by atoms with Crippen LogP contribution in [0.4, 0.5) is 5.69 Å². The normalized spacial score (nSPS) is 10.9. The number of H-pyrrole nitrogens is 1. The Hall–Kier alpha value is -3.60. The first kappa shape index (κ1) is 19.7. The fourth-order valence-electron chi connectivity index (χ4n) is 3.54. The number of aromatic amines is 1. The molecule has 0 atom stereocenters. The standard InChI is InChI=1S/C25H25N3O2/c1-17-9-11-22-23(13-17)28-24(27-22)12-10-18-5-3-7-20(14-18)26-25(29)16-19-6-4-8-21(15-19)30-2/h3-9,11,13-15H,10,12,16H2,1-2H3,(H,26,29)(H,27,28). The van der Waals surface area contributed by atoms with Crippen LogP contribution in [0, 0.1) is 6.92 Å². The van der Waals surface area contributed by atoms with E-state index < -0.39 is 0 Å². The second-order valence-electron chi connectivity index (χ2n) is 7.48. The Labute approximate surface area is 176 Å². The lowest BCUT2D eigenvalue weighted by Crippen LogP contribution is -2.14. The van der Waals surface area contributed by atoms with E-state index in [0.29, 0.717) is 6.42 Å². The number of fused-ring (bicyclic) bond motifs is 1. The third-order valence-corrected chi connectivity index (χ3v) is 5.05. The zero-order valence-corrected chi connectivity index (χ0v) is 17.2. The summed E-state index contributed by atoms with van der Waals surface area (Å²) < 4.78 is 5.22. The summed E-state index contributed by atoms with van der Waals surface area (Å²) in [6.45, 7) is 2.08. The minimum atomic E-state index is -0.0481. The fraction of sp³-hybridized carbons (Fsp3) is 0.200. The maximum Gasteiger partial charge on any atom is 0.228 e. The maximum atomic E-state index is 12.4. The summed E-state index contributed by atoms with van der Waals surface area (Å²) in [5, 5.41) is 2.99. The van der Waals surface area contributed by atoms with Crippen LogP contribution in [0.1, 0.15) is 22.5 Å². The summed E-state index contributed by atoms with van der Waals surface area (Å²) in [5.41, 5.74) is 6.17. The largest absolute Gasteiger partial charge is 0.497 e. The molecule has 1 amide bonds. The molecule has 1 aromatic heterocycles. The fourth-order valence-corrected chi connectivity index (χ4v) is 3.54. The molecule has 4 aromatic rings. The average Bonchev–Trinajstić information content (AvgIpc) is 3.14. The third kappa shape index (κ3) is 4.87. The van der Waals surface area contributed by atoms with Crippen molar-refractivity contribution in [1.29, 1.82) is 0 Å². The molecule has 0 unspecified atom stereocenters. The highest BCUT2D eigenvalue weighted by Gasteiger charge is 2.07. The van der Waals surface area contributed by atoms with E-state index >= 15 is 0 Å². The van der Waals surface area contributed by atoms with Crippen molar-refractivity contribution in [3.8, 4) is 5.75 Å². The zero-order valence-electron chi connectivity index (χ0n) is 17.2. The van der Waals surface area contributed by atoms with Gasteiger partial charge in [0.05, 0.1) is 24.6 Å². The zero-order chi connectivity index (χ0) is 20.9. The van der Waals surface area contributed by atoms with Gasteiger partial charge in [-0.15, -0.1) is 0 Å². The van der Waals surface area contributed by atoms with Crippen LogP contribution in [-0.4, -0.2) is 23.0 Å². The number of nitrogens with one attached hydrogen (secondary N) is 2. The van der Waals surface area contributed by atoms with Crippen molar-refractivity contribution < 1.29 is 9.53 Å². The van der Waals surface area contributed by atoms with E-state index in [1.165, 1.54) is 5.56 Å². The van der Waals surface area contributed by atoms with Crippen molar-refractivity contribution in [3.05, 3.63) is 89.2 Å². The molecule has 5 heteroatoms. The van der Waals surface area contributed by atoms with Gasteiger partial charge in [0.1, 0.15) is 11.6 Å². The molecule has 0 fully saturated rings. The topological polar surface area (TPSA) is 67.0 Å². The second-order valence-corrected chi connectivity index (χ2v) is 7.48. The number of amides is 1. The first-order chi connectivity index (χ1) is 14.6. The Bertz CT molecular complexity index is 1180. The van der Waals surface area contributed by atoms with Crippen LogP contribution in [0.15, 0.2) is 66.7 Å². The van der Waals surface area contributed by atoms with Gasteiger partial charge in [0.25, 0.3) is 0 Å². The molecule has 30 heavy (non-hydrogen) atoms. The number of methoxy groups -OCH3 is 1. The van der Waals surface area contributed by atoms with E-state index in [1.807, 2.05) is 48.5 Å². The molecule has 0 aliphatic heterocycles. The molecular formula is C25H25N3O2. The number of nitrogens with zero attached hydrogens (tertiary/aromatic N) is 1. The Morgan fingerprint density at radius 1 is 1.00 bits per heavy atom. The summed E-state index contributed by atoms with van der Waals surface area (Å²) in [6, 6.07) is 21.8. The highest BCUT2D eigenvalue weighted by atomic mass is 16.5. The summed E-state index contributed by atoms with van der Waals surface area (Å²) in [4.78, 5) is 20.5. The molecule has 0 spiro atoms. The van der Waals surface area contributed by atoms with Gasteiger partial charge < -0.3 is 15.0 Å². The summed E-state index contributed by atoms with van der Waals surface area (Å²) >= 11 is 0. The number of ether oxygens (including phenoxy) is 1. The van der Waals surface area contributed by atoms with E-state index in [0.717, 1.165) is 52.3 Å². The van der Waals surface area contributed by atoms with E-state index in [9.17, 15) is 4.79 Å². The lowest BCUT2D eigenvalue weighted by atomic mass is 10.1. The number of benzene rings is 3. The molecule has 0 radical (unpaired) electrons. The molecule has 3 aromatic carbocycles. The average molecular weight is 399 g/mol. The van der Waals surface area contributed by atoms with Gasteiger partial charge in [-0.2, -0.15) is 0 Å². The van der Waals surface area contributed by atoms with Gasteiger partial charge in [0, 0.05) is 12.1 Å². The van der Waals surface area contributed by atoms with Crippen LogP contribution in [0.25, 0.3) is 11.0 Å². The Balaban J connectivity index is 1.37. The maximum absolute atomic E-state index is 12.4. The highest BCUT2D eigenvalue weighted by Crippen LogP contribution is 2.17. The van der Waals surface area contributed by atoms with Crippen molar-refractivity contribution in [1.82, 2.24) is 9.97 Å². The Morgan fingerprint density at radius 2 is 1.83 bits per heavy atom. The molecule has 2 N–H and O–H groups in total. The smallest absolute Gasteiger partial charge is 0.228 e. The number of aromatic nitrogens is 2. The summed E-state index contributed by atoms with van der Waals surface area (Å²) in [5.74, 6) is 1.68. The van der Waals surface area contributed by atoms with Crippen LogP contribution in [0.3, 0.4) is 0 Å². The number of hydrogen-bond donors (Lipinski definition) is 2. The van der Waals surface area contributed by atoms with Gasteiger partial charge in [0.15, 0.2) is 0 Å². The van der Waals surface area contributed by atoms with E-state index in [1.54, 1.807) is 7.11 Å². The van der Waals surface area contributed by atoms with Crippen LogP contribution < -0.4 is 10.1 Å². The van der Waals surface area contributed by atoms with Crippen LogP contribution in [0.5, 0.6) is 5.75 Å². The Morgan fingerprint density at radius 3 is 2.70 bits per heavy atom. The molecule has 0 bridgehead atoms. The number of carbonyl (C=O) groups is 1. The number of rotatable bonds is 7. The molecule has 0 aliphatic carbocycles. The van der Waals surface area contributed by atoms with Gasteiger partial charge >= 0.3 is 0 Å². The van der Waals surface area contributed by atoms with E-state index in [2.05, 4.69) is 40.4 Å². The highest BCUT2D eigenvalue weighted by molar-refractivity contribution is 5.92. The SMILES string of the molecule is COc1cccc(CC(=O)Nc2cccc(CCc3nc4ccc(C)cc4[nH]3)c2)c1. The van der Waals surface area contributed by atoms with Crippen molar-refractivity contribution in [3.63, 3.8) is 0 Å². The van der Waals surface area contributed by atoms with Gasteiger partial charge in [-0.3, -0.25) is 4.79 Å². The molecule has 152 valence electrons. The molecule has 1 heterocycles. The number of anilines is 1. The summed E-state index contributed by atoms with van der Waals surface area (Å²) in [7, 11) is 1.62. The van der Waals surface area contributed by atoms with Crippen molar-refractivity contribution in [2.24, 2.45) is 0 Å². The lowest BCUT2D eigenvalue weighted by molar-refractivity contribution is -0.115. The minimum absolute atomic E-state index is 0.0481. The van der Waals surface area contributed by atoms with Gasteiger partial charge in [-0.1, -0.05) is 30.3 Å². The second kappa shape index (κ2) is 8.82. The molecule has 5 nitrogen and oxygen atoms in total. The first-order valence-electron chi connectivity index (χ1n) is 10.1. The molecule has 0 saturated heterocycles.